The van der Waals surface area contributed by atoms with Crippen molar-refractivity contribution in [2.24, 2.45) is 23.7 Å². The van der Waals surface area contributed by atoms with Crippen molar-refractivity contribution in [2.45, 2.75) is 45.6 Å². The lowest BCUT2D eigenvalue weighted by molar-refractivity contribution is -0.160. The van der Waals surface area contributed by atoms with E-state index in [-0.39, 0.29) is 41.9 Å². The number of imide groups is 1. The highest BCUT2D eigenvalue weighted by Gasteiger charge is 2.62. The molecule has 2 bridgehead atoms. The number of anilines is 1. The highest BCUT2D eigenvalue weighted by atomic mass is 16.5. The van der Waals surface area contributed by atoms with Crippen LogP contribution in [0.15, 0.2) is 48.5 Å². The van der Waals surface area contributed by atoms with E-state index in [1.807, 2.05) is 56.3 Å². The van der Waals surface area contributed by atoms with Crippen LogP contribution in [0.2, 0.25) is 0 Å². The summed E-state index contributed by atoms with van der Waals surface area (Å²) in [6, 6.07) is 13.7. The van der Waals surface area contributed by atoms with E-state index in [4.69, 9.17) is 4.74 Å². The Labute approximate surface area is 204 Å². The van der Waals surface area contributed by atoms with E-state index in [0.717, 1.165) is 40.9 Å². The minimum atomic E-state index is -1.09. The second-order valence-electron chi connectivity index (χ2n) is 10.0. The maximum Gasteiger partial charge on any atom is 0.330 e. The molecule has 2 saturated carbocycles. The molecule has 1 heterocycles. The van der Waals surface area contributed by atoms with Gasteiger partial charge >= 0.3 is 5.97 Å². The first-order valence-electron chi connectivity index (χ1n) is 12.3. The smallest absolute Gasteiger partial charge is 0.330 e. The molecule has 3 amide bonds. The number of carbonyl (C=O) groups excluding carboxylic acids is 4. The van der Waals surface area contributed by atoms with Crippen molar-refractivity contribution < 1.29 is 23.9 Å². The second-order valence-corrected chi connectivity index (χ2v) is 10.0. The molecule has 2 aromatic carbocycles. The summed E-state index contributed by atoms with van der Waals surface area (Å²) in [6.07, 6.45) is 3.01. The SMILES string of the molecule is Cc1cccc(NC(=O)COC(=O)[C@H](Cc2ccccc2)N2C(=O)[C@H]3[C@H]4CC[C@@H](C4)[C@@H]3C2=O)c1C. The predicted octanol–water partition coefficient (Wildman–Crippen LogP) is 3.43. The van der Waals surface area contributed by atoms with Crippen molar-refractivity contribution in [2.75, 3.05) is 11.9 Å². The number of hydrogen-bond donors (Lipinski definition) is 1. The zero-order valence-electron chi connectivity index (χ0n) is 20.0. The van der Waals surface area contributed by atoms with Gasteiger partial charge in [-0.1, -0.05) is 42.5 Å². The third-order valence-electron chi connectivity index (χ3n) is 8.04. The zero-order chi connectivity index (χ0) is 24.7. The largest absolute Gasteiger partial charge is 0.454 e. The molecular weight excluding hydrogens is 444 g/mol. The van der Waals surface area contributed by atoms with Gasteiger partial charge in [0, 0.05) is 12.1 Å². The summed E-state index contributed by atoms with van der Waals surface area (Å²) in [5.74, 6) is -1.92. The molecule has 0 spiro atoms. The number of esters is 1. The molecule has 35 heavy (non-hydrogen) atoms. The van der Waals surface area contributed by atoms with Crippen LogP contribution in [-0.2, 0) is 30.3 Å². The van der Waals surface area contributed by atoms with Crippen LogP contribution >= 0.6 is 0 Å². The topological polar surface area (TPSA) is 92.8 Å². The van der Waals surface area contributed by atoms with E-state index in [1.54, 1.807) is 6.07 Å². The van der Waals surface area contributed by atoms with Gasteiger partial charge in [0.25, 0.3) is 5.91 Å². The van der Waals surface area contributed by atoms with Gasteiger partial charge in [0.05, 0.1) is 11.8 Å². The Bertz CT molecular complexity index is 1150. The number of hydrogen-bond acceptors (Lipinski definition) is 5. The molecule has 7 heteroatoms. The van der Waals surface area contributed by atoms with Crippen LogP contribution in [0.25, 0.3) is 0 Å². The van der Waals surface area contributed by atoms with E-state index >= 15 is 0 Å². The fourth-order valence-electron chi connectivity index (χ4n) is 6.16. The molecule has 1 saturated heterocycles. The Morgan fingerprint density at radius 2 is 1.63 bits per heavy atom. The minimum absolute atomic E-state index is 0.157. The monoisotopic (exact) mass is 474 g/mol. The molecule has 2 aromatic rings. The lowest BCUT2D eigenvalue weighted by Crippen LogP contribution is -2.48. The van der Waals surface area contributed by atoms with Crippen LogP contribution in [-0.4, -0.2) is 41.2 Å². The maximum atomic E-state index is 13.4. The highest BCUT2D eigenvalue weighted by molar-refractivity contribution is 6.08. The molecule has 0 unspecified atom stereocenters. The van der Waals surface area contributed by atoms with Gasteiger partial charge < -0.3 is 10.1 Å². The van der Waals surface area contributed by atoms with Crippen molar-refractivity contribution in [1.29, 1.82) is 0 Å². The number of rotatable bonds is 7. The summed E-state index contributed by atoms with van der Waals surface area (Å²) < 4.78 is 5.38. The highest BCUT2D eigenvalue weighted by Crippen LogP contribution is 2.56. The van der Waals surface area contributed by atoms with Crippen molar-refractivity contribution in [3.8, 4) is 0 Å². The molecule has 1 aliphatic heterocycles. The van der Waals surface area contributed by atoms with Gasteiger partial charge in [-0.3, -0.25) is 19.3 Å². The number of fused-ring (bicyclic) bond motifs is 5. The Kier molecular flexibility index (Phi) is 6.17. The number of benzene rings is 2. The van der Waals surface area contributed by atoms with Crippen molar-refractivity contribution in [3.05, 3.63) is 65.2 Å². The Morgan fingerprint density at radius 1 is 0.971 bits per heavy atom. The fourth-order valence-corrected chi connectivity index (χ4v) is 6.16. The molecule has 182 valence electrons. The van der Waals surface area contributed by atoms with Gasteiger partial charge in [-0.25, -0.2) is 4.79 Å². The molecule has 3 aliphatic rings. The lowest BCUT2D eigenvalue weighted by Gasteiger charge is -2.26. The van der Waals surface area contributed by atoms with Crippen molar-refractivity contribution in [1.82, 2.24) is 4.90 Å². The van der Waals surface area contributed by atoms with Crippen LogP contribution in [0.1, 0.15) is 36.0 Å². The van der Waals surface area contributed by atoms with Gasteiger partial charge in [0.1, 0.15) is 6.04 Å². The molecule has 1 N–H and O–H groups in total. The number of amides is 3. The van der Waals surface area contributed by atoms with E-state index in [1.165, 1.54) is 0 Å². The molecule has 5 atom stereocenters. The number of nitrogens with zero attached hydrogens (tertiary/aromatic N) is 1. The molecule has 3 fully saturated rings. The minimum Gasteiger partial charge on any atom is -0.454 e. The zero-order valence-corrected chi connectivity index (χ0v) is 20.0. The summed E-state index contributed by atoms with van der Waals surface area (Å²) in [6.45, 7) is 3.36. The van der Waals surface area contributed by atoms with Crippen LogP contribution in [0.5, 0.6) is 0 Å². The molecular formula is C28H30N2O5. The molecule has 0 aromatic heterocycles. The molecule has 7 nitrogen and oxygen atoms in total. The van der Waals surface area contributed by atoms with Crippen LogP contribution in [0.4, 0.5) is 5.69 Å². The standard InChI is InChI=1S/C28H30N2O5/c1-16-7-6-10-21(17(16)2)29-23(31)15-35-28(34)22(13-18-8-4-3-5-9-18)30-26(32)24-19-11-12-20(14-19)25(24)27(30)33/h3-10,19-20,22,24-25H,11-15H2,1-2H3,(H,29,31)/t19-,20-,22-,24-,25-/m0/s1. The molecule has 0 radical (unpaired) electrons. The Hall–Kier alpha value is -3.48. The van der Waals surface area contributed by atoms with Crippen LogP contribution in [0.3, 0.4) is 0 Å². The Balaban J connectivity index is 1.32. The molecule has 2 aliphatic carbocycles. The Morgan fingerprint density at radius 3 is 2.29 bits per heavy atom. The summed E-state index contributed by atoms with van der Waals surface area (Å²) in [4.78, 5) is 53.7. The first-order chi connectivity index (χ1) is 16.8. The number of carbonyl (C=O) groups is 4. The van der Waals surface area contributed by atoms with E-state index in [0.29, 0.717) is 5.69 Å². The van der Waals surface area contributed by atoms with Crippen LogP contribution in [0, 0.1) is 37.5 Å². The number of likely N-dealkylation sites (tertiary alicyclic amines) is 1. The maximum absolute atomic E-state index is 13.4. The normalized spacial score (nSPS) is 25.5. The van der Waals surface area contributed by atoms with Crippen molar-refractivity contribution in [3.63, 3.8) is 0 Å². The third kappa shape index (κ3) is 4.24. The number of aryl methyl sites for hydroxylation is 1. The third-order valence-corrected chi connectivity index (χ3v) is 8.04. The van der Waals surface area contributed by atoms with E-state index < -0.39 is 24.5 Å². The van der Waals surface area contributed by atoms with E-state index in [2.05, 4.69) is 5.32 Å². The quantitative estimate of drug-likeness (QED) is 0.490. The summed E-state index contributed by atoms with van der Waals surface area (Å²) in [5.41, 5.74) is 3.44. The summed E-state index contributed by atoms with van der Waals surface area (Å²) >= 11 is 0. The lowest BCUT2D eigenvalue weighted by atomic mass is 9.81. The van der Waals surface area contributed by atoms with Crippen LogP contribution < -0.4 is 5.32 Å². The number of ether oxygens (including phenoxy) is 1. The fraction of sp³-hybridized carbons (Fsp3) is 0.429. The first kappa shape index (κ1) is 23.3. The summed E-state index contributed by atoms with van der Waals surface area (Å²) in [7, 11) is 0. The average Bonchev–Trinajstić information content (AvgIpc) is 3.53. The second kappa shape index (κ2) is 9.29. The van der Waals surface area contributed by atoms with Gasteiger partial charge in [-0.2, -0.15) is 0 Å². The average molecular weight is 475 g/mol. The van der Waals surface area contributed by atoms with Gasteiger partial charge in [-0.15, -0.1) is 0 Å². The molecule has 5 rings (SSSR count). The predicted molar refractivity (Wildman–Crippen MR) is 129 cm³/mol. The van der Waals surface area contributed by atoms with Gasteiger partial charge in [-0.05, 0) is 67.7 Å². The van der Waals surface area contributed by atoms with E-state index in [9.17, 15) is 19.2 Å². The number of nitrogens with one attached hydrogen (secondary N) is 1. The van der Waals surface area contributed by atoms with Gasteiger partial charge in [0.2, 0.25) is 11.8 Å². The van der Waals surface area contributed by atoms with Gasteiger partial charge in [0.15, 0.2) is 6.61 Å². The first-order valence-corrected chi connectivity index (χ1v) is 12.3. The summed E-state index contributed by atoms with van der Waals surface area (Å²) in [5, 5.41) is 2.77. The van der Waals surface area contributed by atoms with Crippen molar-refractivity contribution >= 4 is 29.4 Å².